The van der Waals surface area contributed by atoms with E-state index in [9.17, 15) is 15.2 Å². The number of methoxy groups -OCH3 is 1. The Hall–Kier alpha value is -5.28. The maximum Gasteiger partial charge on any atom is 0.335 e. The number of aromatic nitrogens is 6. The molecule has 5 aromatic rings. The number of nitriles is 1. The van der Waals surface area contributed by atoms with E-state index in [1.807, 2.05) is 18.6 Å². The van der Waals surface area contributed by atoms with Crippen molar-refractivity contribution in [2.45, 2.75) is 51.4 Å². The molecular weight excluding hydrogens is 584 g/mol. The lowest BCUT2D eigenvalue weighted by atomic mass is 9.94. The van der Waals surface area contributed by atoms with Crippen molar-refractivity contribution in [2.24, 2.45) is 5.92 Å². The van der Waals surface area contributed by atoms with Crippen LogP contribution >= 0.6 is 0 Å². The molecule has 0 amide bonds. The summed E-state index contributed by atoms with van der Waals surface area (Å²) in [6.07, 6.45) is 7.39. The van der Waals surface area contributed by atoms with Crippen molar-refractivity contribution >= 4 is 17.0 Å². The lowest BCUT2D eigenvalue weighted by molar-refractivity contribution is 0.0697. The summed E-state index contributed by atoms with van der Waals surface area (Å²) >= 11 is 0. The highest BCUT2D eigenvalue weighted by Crippen LogP contribution is 2.58. The third kappa shape index (κ3) is 5.43. The molecule has 12 heteroatoms. The Kier molecular flexibility index (Phi) is 7.62. The Morgan fingerprint density at radius 2 is 2.07 bits per heavy atom. The van der Waals surface area contributed by atoms with Crippen LogP contribution in [0.15, 0.2) is 61.2 Å². The van der Waals surface area contributed by atoms with Gasteiger partial charge in [0.2, 0.25) is 5.88 Å². The zero-order valence-electron chi connectivity index (χ0n) is 25.8. The summed E-state index contributed by atoms with van der Waals surface area (Å²) in [6.45, 7) is 6.11. The van der Waals surface area contributed by atoms with Crippen LogP contribution in [0.25, 0.3) is 11.0 Å². The van der Waals surface area contributed by atoms with Gasteiger partial charge in [0.1, 0.15) is 24.0 Å². The molecule has 2 aromatic carbocycles. The number of likely N-dealkylation sites (tertiary alicyclic amines) is 1. The number of hydrogen-bond donors (Lipinski definition) is 1. The van der Waals surface area contributed by atoms with Crippen molar-refractivity contribution < 1.29 is 19.4 Å². The van der Waals surface area contributed by atoms with Crippen LogP contribution in [0.3, 0.4) is 0 Å². The van der Waals surface area contributed by atoms with E-state index in [-0.39, 0.29) is 17.6 Å². The second-order valence-corrected chi connectivity index (χ2v) is 12.0. The minimum atomic E-state index is -0.957. The molecule has 0 spiro atoms. The Morgan fingerprint density at radius 3 is 2.85 bits per heavy atom. The van der Waals surface area contributed by atoms with Crippen LogP contribution in [0, 0.1) is 17.2 Å². The number of imidazole rings is 2. The standard InChI is InChI=1S/C34H34N8O4/c1-3-41-21-36-16-26(41)18-42-28-13-23(32(43)44)6-7-27(28)38-30(42)19-40-11-9-34(14-25(34)17-40)33-37-10-8-31(39-33)46-20-24-5-4-22(15-35)12-29(24)45-2/h4-8,10,12-13,16,21,25H,3,9,11,14,17-20H2,1-2H3,(H,43,44). The van der Waals surface area contributed by atoms with Crippen LogP contribution in [0.4, 0.5) is 0 Å². The Bertz CT molecular complexity index is 1980. The molecule has 0 radical (unpaired) electrons. The maximum absolute atomic E-state index is 11.8. The highest BCUT2D eigenvalue weighted by Gasteiger charge is 2.59. The van der Waals surface area contributed by atoms with Gasteiger partial charge in [-0.15, -0.1) is 0 Å². The van der Waals surface area contributed by atoms with E-state index in [2.05, 4.69) is 37.0 Å². The first-order valence-corrected chi connectivity index (χ1v) is 15.4. The van der Waals surface area contributed by atoms with Gasteiger partial charge in [-0.3, -0.25) is 4.90 Å². The number of ether oxygens (including phenoxy) is 2. The molecule has 1 aliphatic heterocycles. The number of piperidine rings is 1. The maximum atomic E-state index is 11.8. The van der Waals surface area contributed by atoms with Crippen molar-refractivity contribution in [3.8, 4) is 17.7 Å². The third-order valence-electron chi connectivity index (χ3n) is 9.35. The van der Waals surface area contributed by atoms with Crippen LogP contribution in [-0.4, -0.2) is 65.2 Å². The summed E-state index contributed by atoms with van der Waals surface area (Å²) in [6, 6.07) is 14.3. The van der Waals surface area contributed by atoms with Gasteiger partial charge in [0, 0.05) is 42.5 Å². The van der Waals surface area contributed by atoms with Gasteiger partial charge in [-0.2, -0.15) is 10.2 Å². The van der Waals surface area contributed by atoms with Crippen molar-refractivity contribution in [2.75, 3.05) is 20.2 Å². The predicted octanol–water partition coefficient (Wildman–Crippen LogP) is 4.41. The van der Waals surface area contributed by atoms with Crippen molar-refractivity contribution in [1.29, 1.82) is 5.26 Å². The van der Waals surface area contributed by atoms with Gasteiger partial charge >= 0.3 is 5.97 Å². The second-order valence-electron chi connectivity index (χ2n) is 12.0. The van der Waals surface area contributed by atoms with Gasteiger partial charge in [0.25, 0.3) is 0 Å². The molecule has 1 N–H and O–H groups in total. The molecule has 2 unspecified atom stereocenters. The number of nitrogens with zero attached hydrogens (tertiary/aromatic N) is 8. The second kappa shape index (κ2) is 11.9. The average molecular weight is 619 g/mol. The zero-order chi connectivity index (χ0) is 31.8. The first kappa shape index (κ1) is 29.4. The van der Waals surface area contributed by atoms with Gasteiger partial charge in [0.05, 0.1) is 60.5 Å². The lowest BCUT2D eigenvalue weighted by Crippen LogP contribution is -2.37. The Labute approximate surface area is 265 Å². The van der Waals surface area contributed by atoms with Crippen molar-refractivity contribution in [3.63, 3.8) is 0 Å². The van der Waals surface area contributed by atoms with Crippen molar-refractivity contribution in [3.05, 3.63) is 95.2 Å². The van der Waals surface area contributed by atoms with Crippen molar-refractivity contribution in [1.82, 2.24) is 34.0 Å². The van der Waals surface area contributed by atoms with Gasteiger partial charge in [-0.1, -0.05) is 6.07 Å². The molecule has 4 heterocycles. The number of aryl methyl sites for hydroxylation is 1. The summed E-state index contributed by atoms with van der Waals surface area (Å²) in [7, 11) is 1.58. The lowest BCUT2D eigenvalue weighted by Gasteiger charge is -2.30. The average Bonchev–Trinajstić information content (AvgIpc) is 3.48. The Morgan fingerprint density at radius 1 is 1.17 bits per heavy atom. The molecule has 2 aliphatic rings. The summed E-state index contributed by atoms with van der Waals surface area (Å²) < 4.78 is 15.7. The Balaban J connectivity index is 1.07. The number of aromatic carboxylic acids is 1. The van der Waals surface area contributed by atoms with E-state index in [4.69, 9.17) is 19.4 Å². The topological polar surface area (TPSA) is 144 Å². The summed E-state index contributed by atoms with van der Waals surface area (Å²) in [5, 5.41) is 18.8. The molecule has 1 saturated carbocycles. The monoisotopic (exact) mass is 618 g/mol. The molecule has 12 nitrogen and oxygen atoms in total. The molecule has 46 heavy (non-hydrogen) atoms. The first-order chi connectivity index (χ1) is 22.4. The zero-order valence-corrected chi connectivity index (χ0v) is 25.8. The van der Waals surface area contributed by atoms with E-state index >= 15 is 0 Å². The number of carboxylic acid groups (broad SMARTS) is 1. The molecule has 1 saturated heterocycles. The molecule has 1 aliphatic carbocycles. The number of benzene rings is 2. The number of fused-ring (bicyclic) bond motifs is 2. The number of rotatable bonds is 11. The minimum Gasteiger partial charge on any atom is -0.496 e. The van der Waals surface area contributed by atoms with Crippen LogP contribution < -0.4 is 9.47 Å². The van der Waals surface area contributed by atoms with Gasteiger partial charge in [0.15, 0.2) is 0 Å². The van der Waals surface area contributed by atoms with Gasteiger partial charge < -0.3 is 23.7 Å². The smallest absolute Gasteiger partial charge is 0.335 e. The van der Waals surface area contributed by atoms with E-state index < -0.39 is 5.97 Å². The SMILES string of the molecule is CCn1cncc1Cn1c(CN2CCC3(c4nccc(OCc5ccc(C#N)cc5OC)n4)CC3C2)nc2ccc(C(=O)O)cc21. The van der Waals surface area contributed by atoms with Gasteiger partial charge in [-0.05, 0) is 62.6 Å². The third-order valence-corrected chi connectivity index (χ3v) is 9.35. The van der Waals surface area contributed by atoms with Crippen LogP contribution in [0.5, 0.6) is 11.6 Å². The van der Waals surface area contributed by atoms with Gasteiger partial charge in [-0.25, -0.2) is 19.7 Å². The normalized spacial score (nSPS) is 19.0. The van der Waals surface area contributed by atoms with E-state index in [0.717, 1.165) is 66.4 Å². The highest BCUT2D eigenvalue weighted by molar-refractivity contribution is 5.92. The predicted molar refractivity (Wildman–Crippen MR) is 167 cm³/mol. The van der Waals surface area contributed by atoms with Crippen LogP contribution in [0.1, 0.15) is 58.6 Å². The number of carbonyl (C=O) groups is 1. The molecule has 0 bridgehead atoms. The summed E-state index contributed by atoms with van der Waals surface area (Å²) in [5.41, 5.74) is 4.18. The molecule has 234 valence electrons. The number of hydrogen-bond acceptors (Lipinski definition) is 9. The first-order valence-electron chi connectivity index (χ1n) is 15.4. The number of carboxylic acids is 1. The molecule has 2 atom stereocenters. The summed E-state index contributed by atoms with van der Waals surface area (Å²) in [4.78, 5) is 33.0. The van der Waals surface area contributed by atoms with E-state index in [1.165, 1.54) is 0 Å². The molecule has 3 aromatic heterocycles. The van der Waals surface area contributed by atoms with E-state index in [0.29, 0.717) is 36.2 Å². The molecular formula is C34H34N8O4. The fraction of sp³-hybridized carbons (Fsp3) is 0.353. The van der Waals surface area contributed by atoms with Crippen LogP contribution in [0.2, 0.25) is 0 Å². The fourth-order valence-electron chi connectivity index (χ4n) is 6.69. The summed E-state index contributed by atoms with van der Waals surface area (Å²) in [5.74, 6) is 2.31. The highest BCUT2D eigenvalue weighted by atomic mass is 16.5. The largest absolute Gasteiger partial charge is 0.496 e. The molecule has 2 fully saturated rings. The van der Waals surface area contributed by atoms with Crippen LogP contribution in [-0.2, 0) is 31.7 Å². The van der Waals surface area contributed by atoms with E-state index in [1.54, 1.807) is 49.7 Å². The quantitative estimate of drug-likeness (QED) is 0.226. The molecule has 7 rings (SSSR count). The fourth-order valence-corrected chi connectivity index (χ4v) is 6.69. The minimum absolute atomic E-state index is 0.0633.